The molecule has 21 heavy (non-hydrogen) atoms. The van der Waals surface area contributed by atoms with Crippen molar-refractivity contribution < 1.29 is 19.1 Å². The number of methoxy groups -OCH3 is 2. The standard InChI is InChI=1S/C17H22O4/c1-5-7-9-13-11-17(15(18)20-3,16(19)21-4)12-14(13)10-8-6-2/h5-7,9-10,13H,1-2,8,11-12H2,3-4H3/b9-7+,14-10-. The van der Waals surface area contributed by atoms with Crippen LogP contribution in [-0.2, 0) is 19.1 Å². The predicted octanol–water partition coefficient (Wildman–Crippen LogP) is 2.97. The van der Waals surface area contributed by atoms with E-state index in [1.165, 1.54) is 14.2 Å². The molecule has 0 bridgehead atoms. The van der Waals surface area contributed by atoms with Gasteiger partial charge in [0, 0.05) is 0 Å². The Kier molecular flexibility index (Phi) is 6.15. The quantitative estimate of drug-likeness (QED) is 0.326. The summed E-state index contributed by atoms with van der Waals surface area (Å²) in [5.41, 5.74) is -0.240. The first kappa shape index (κ1) is 17.0. The number of hydrogen-bond acceptors (Lipinski definition) is 4. The lowest BCUT2D eigenvalue weighted by molar-refractivity contribution is -0.168. The summed E-state index contributed by atoms with van der Waals surface area (Å²) in [4.78, 5) is 24.3. The Labute approximate surface area is 125 Å². The van der Waals surface area contributed by atoms with Gasteiger partial charge in [-0.3, -0.25) is 9.59 Å². The van der Waals surface area contributed by atoms with Crippen molar-refractivity contribution >= 4 is 11.9 Å². The van der Waals surface area contributed by atoms with E-state index >= 15 is 0 Å². The molecule has 1 saturated carbocycles. The summed E-state index contributed by atoms with van der Waals surface area (Å²) in [7, 11) is 2.57. The Morgan fingerprint density at radius 1 is 1.29 bits per heavy atom. The number of carbonyl (C=O) groups is 2. The second-order valence-electron chi connectivity index (χ2n) is 4.98. The molecule has 0 aliphatic heterocycles. The van der Waals surface area contributed by atoms with Crippen LogP contribution in [0.25, 0.3) is 0 Å². The van der Waals surface area contributed by atoms with Gasteiger partial charge in [-0.25, -0.2) is 0 Å². The van der Waals surface area contributed by atoms with Gasteiger partial charge in [-0.2, -0.15) is 0 Å². The van der Waals surface area contributed by atoms with Crippen LogP contribution in [0.4, 0.5) is 0 Å². The molecule has 4 nitrogen and oxygen atoms in total. The molecule has 4 heteroatoms. The van der Waals surface area contributed by atoms with Crippen molar-refractivity contribution in [3.8, 4) is 0 Å². The molecule has 0 spiro atoms. The lowest BCUT2D eigenvalue weighted by atomic mass is 9.85. The molecule has 0 saturated heterocycles. The van der Waals surface area contributed by atoms with Crippen molar-refractivity contribution in [3.05, 3.63) is 49.1 Å². The van der Waals surface area contributed by atoms with Gasteiger partial charge in [-0.05, 0) is 25.2 Å². The molecular weight excluding hydrogens is 268 g/mol. The van der Waals surface area contributed by atoms with Gasteiger partial charge >= 0.3 is 11.9 Å². The molecule has 0 heterocycles. The van der Waals surface area contributed by atoms with Crippen LogP contribution in [0.5, 0.6) is 0 Å². The van der Waals surface area contributed by atoms with Crippen LogP contribution in [0.1, 0.15) is 19.3 Å². The third-order valence-electron chi connectivity index (χ3n) is 3.73. The van der Waals surface area contributed by atoms with E-state index in [0.29, 0.717) is 19.3 Å². The van der Waals surface area contributed by atoms with E-state index in [1.807, 2.05) is 18.2 Å². The van der Waals surface area contributed by atoms with Crippen molar-refractivity contribution in [1.82, 2.24) is 0 Å². The number of ether oxygens (including phenoxy) is 2. The van der Waals surface area contributed by atoms with Gasteiger partial charge in [0.15, 0.2) is 5.41 Å². The molecule has 0 N–H and O–H groups in total. The smallest absolute Gasteiger partial charge is 0.323 e. The number of allylic oxidation sites excluding steroid dienone is 6. The second-order valence-corrected chi connectivity index (χ2v) is 4.98. The minimum Gasteiger partial charge on any atom is -0.468 e. The first-order chi connectivity index (χ1) is 10.1. The third kappa shape index (κ3) is 3.51. The van der Waals surface area contributed by atoms with E-state index < -0.39 is 17.4 Å². The molecule has 1 rings (SSSR count). The van der Waals surface area contributed by atoms with Crippen LogP contribution in [0.15, 0.2) is 49.1 Å². The average molecular weight is 290 g/mol. The lowest BCUT2D eigenvalue weighted by Crippen LogP contribution is -2.39. The normalized spacial score (nSPS) is 22.2. The molecule has 1 fully saturated rings. The predicted molar refractivity (Wildman–Crippen MR) is 81.4 cm³/mol. The van der Waals surface area contributed by atoms with Gasteiger partial charge in [0.2, 0.25) is 0 Å². The third-order valence-corrected chi connectivity index (χ3v) is 3.73. The zero-order valence-electron chi connectivity index (χ0n) is 12.6. The van der Waals surface area contributed by atoms with E-state index in [2.05, 4.69) is 13.2 Å². The summed E-state index contributed by atoms with van der Waals surface area (Å²) in [6.07, 6.45) is 10.5. The number of esters is 2. The molecule has 114 valence electrons. The van der Waals surface area contributed by atoms with Gasteiger partial charge < -0.3 is 9.47 Å². The van der Waals surface area contributed by atoms with Crippen molar-refractivity contribution in [1.29, 1.82) is 0 Å². The molecular formula is C17H22O4. The highest BCUT2D eigenvalue weighted by Crippen LogP contribution is 2.47. The van der Waals surface area contributed by atoms with Crippen molar-refractivity contribution in [2.75, 3.05) is 14.2 Å². The Morgan fingerprint density at radius 3 is 2.38 bits per heavy atom. The summed E-state index contributed by atoms with van der Waals surface area (Å²) in [6.45, 7) is 7.33. The van der Waals surface area contributed by atoms with Gasteiger partial charge in [-0.15, -0.1) is 6.58 Å². The number of rotatable bonds is 6. The summed E-state index contributed by atoms with van der Waals surface area (Å²) in [5, 5.41) is 0. The molecule has 0 aromatic rings. The summed E-state index contributed by atoms with van der Waals surface area (Å²) in [6, 6.07) is 0. The molecule has 1 aliphatic carbocycles. The van der Waals surface area contributed by atoms with E-state index in [-0.39, 0.29) is 5.92 Å². The van der Waals surface area contributed by atoms with E-state index in [1.54, 1.807) is 12.2 Å². The maximum absolute atomic E-state index is 12.2. The largest absolute Gasteiger partial charge is 0.468 e. The maximum Gasteiger partial charge on any atom is 0.323 e. The summed E-state index contributed by atoms with van der Waals surface area (Å²) in [5.74, 6) is -1.11. The fourth-order valence-electron chi connectivity index (χ4n) is 2.71. The Bertz CT molecular complexity index is 469. The SMILES string of the molecule is C=C/C=C/C1CC(C(=O)OC)(C(=O)OC)C/C1=C/CC=C. The summed E-state index contributed by atoms with van der Waals surface area (Å²) < 4.78 is 9.67. The van der Waals surface area contributed by atoms with Crippen molar-refractivity contribution in [2.45, 2.75) is 19.3 Å². The van der Waals surface area contributed by atoms with Crippen molar-refractivity contribution in [2.24, 2.45) is 11.3 Å². The average Bonchev–Trinajstić information content (AvgIpc) is 2.89. The highest BCUT2D eigenvalue weighted by Gasteiger charge is 2.54. The van der Waals surface area contributed by atoms with Crippen molar-refractivity contribution in [3.63, 3.8) is 0 Å². The van der Waals surface area contributed by atoms with Gasteiger partial charge in [-0.1, -0.05) is 42.5 Å². The highest BCUT2D eigenvalue weighted by atomic mass is 16.5. The Hall–Kier alpha value is -2.10. The first-order valence-electron chi connectivity index (χ1n) is 6.81. The van der Waals surface area contributed by atoms with Crippen LogP contribution in [0.2, 0.25) is 0 Å². The molecule has 0 aromatic carbocycles. The fourth-order valence-corrected chi connectivity index (χ4v) is 2.71. The molecule has 0 radical (unpaired) electrons. The second kappa shape index (κ2) is 7.62. The van der Waals surface area contributed by atoms with Gasteiger partial charge in [0.1, 0.15) is 0 Å². The molecule has 1 atom stereocenters. The van der Waals surface area contributed by atoms with E-state index in [9.17, 15) is 9.59 Å². The molecule has 1 aliphatic rings. The van der Waals surface area contributed by atoms with Crippen LogP contribution in [0.3, 0.4) is 0 Å². The number of carbonyl (C=O) groups excluding carboxylic acids is 2. The molecule has 0 amide bonds. The molecule has 1 unspecified atom stereocenters. The fraction of sp³-hybridized carbons (Fsp3) is 0.412. The zero-order valence-corrected chi connectivity index (χ0v) is 12.6. The Balaban J connectivity index is 3.21. The first-order valence-corrected chi connectivity index (χ1v) is 6.81. The minimum absolute atomic E-state index is 0.0128. The summed E-state index contributed by atoms with van der Waals surface area (Å²) >= 11 is 0. The minimum atomic E-state index is -1.26. The van der Waals surface area contributed by atoms with Gasteiger partial charge in [0.05, 0.1) is 14.2 Å². The highest BCUT2D eigenvalue weighted by molar-refractivity contribution is 6.01. The van der Waals surface area contributed by atoms with E-state index in [0.717, 1.165) is 5.57 Å². The maximum atomic E-state index is 12.2. The van der Waals surface area contributed by atoms with Crippen LogP contribution >= 0.6 is 0 Å². The monoisotopic (exact) mass is 290 g/mol. The zero-order chi connectivity index (χ0) is 15.9. The lowest BCUT2D eigenvalue weighted by Gasteiger charge is -2.22. The molecule has 0 aromatic heterocycles. The van der Waals surface area contributed by atoms with E-state index in [4.69, 9.17) is 9.47 Å². The topological polar surface area (TPSA) is 52.6 Å². The number of hydrogen-bond donors (Lipinski definition) is 0. The Morgan fingerprint density at radius 2 is 1.90 bits per heavy atom. The van der Waals surface area contributed by atoms with Gasteiger partial charge in [0.25, 0.3) is 0 Å². The van der Waals surface area contributed by atoms with Crippen LogP contribution in [-0.4, -0.2) is 26.2 Å². The van der Waals surface area contributed by atoms with Crippen LogP contribution < -0.4 is 0 Å². The van der Waals surface area contributed by atoms with Crippen LogP contribution in [0, 0.1) is 11.3 Å².